The lowest BCUT2D eigenvalue weighted by Gasteiger charge is -2.35. The molecule has 1 aromatic rings. The van der Waals surface area contributed by atoms with Crippen molar-refractivity contribution in [2.24, 2.45) is 11.1 Å². The molecular weight excluding hydrogens is 266 g/mol. The molecule has 0 aromatic heterocycles. The van der Waals surface area contributed by atoms with Gasteiger partial charge in [0.15, 0.2) is 0 Å². The number of rotatable bonds is 7. The molecule has 1 aliphatic rings. The van der Waals surface area contributed by atoms with Crippen LogP contribution in [0.15, 0.2) is 30.3 Å². The van der Waals surface area contributed by atoms with Gasteiger partial charge in [0, 0.05) is 0 Å². The Balaban J connectivity index is 1.67. The van der Waals surface area contributed by atoms with Gasteiger partial charge in [-0.3, -0.25) is 4.79 Å². The number of carbonyl (C=O) groups excluding carboxylic acids is 1. The van der Waals surface area contributed by atoms with Crippen LogP contribution in [0.4, 0.5) is 0 Å². The molecule has 116 valence electrons. The van der Waals surface area contributed by atoms with Gasteiger partial charge in [0.25, 0.3) is 0 Å². The monoisotopic (exact) mass is 291 g/mol. The van der Waals surface area contributed by atoms with Gasteiger partial charge in [-0.25, -0.2) is 0 Å². The summed E-state index contributed by atoms with van der Waals surface area (Å²) in [5.41, 5.74) is 5.85. The molecule has 21 heavy (non-hydrogen) atoms. The summed E-state index contributed by atoms with van der Waals surface area (Å²) in [5.74, 6) is 0.637. The van der Waals surface area contributed by atoms with Crippen molar-refractivity contribution in [3.63, 3.8) is 0 Å². The molecule has 1 aromatic carbocycles. The average Bonchev–Trinajstić information content (AvgIpc) is 2.53. The number of ether oxygens (including phenoxy) is 2. The van der Waals surface area contributed by atoms with Gasteiger partial charge in [-0.15, -0.1) is 0 Å². The summed E-state index contributed by atoms with van der Waals surface area (Å²) < 4.78 is 10.8. The Labute approximate surface area is 126 Å². The first kappa shape index (κ1) is 15.8. The first-order valence-electron chi connectivity index (χ1n) is 7.78. The largest absolute Gasteiger partial charge is 0.490 e. The summed E-state index contributed by atoms with van der Waals surface area (Å²) in [5, 5.41) is 0. The fourth-order valence-electron chi connectivity index (χ4n) is 2.94. The van der Waals surface area contributed by atoms with Crippen molar-refractivity contribution in [1.82, 2.24) is 0 Å². The summed E-state index contributed by atoms with van der Waals surface area (Å²) in [6.45, 7) is 1.24. The van der Waals surface area contributed by atoms with E-state index in [2.05, 4.69) is 0 Å². The zero-order valence-electron chi connectivity index (χ0n) is 12.6. The molecule has 0 spiro atoms. The smallest absolute Gasteiger partial charge is 0.306 e. The molecule has 1 fully saturated rings. The molecule has 1 saturated carbocycles. The van der Waals surface area contributed by atoms with E-state index in [0.29, 0.717) is 19.6 Å². The minimum absolute atomic E-state index is 0.0321. The molecule has 0 saturated heterocycles. The van der Waals surface area contributed by atoms with E-state index in [4.69, 9.17) is 15.2 Å². The molecule has 1 aliphatic carbocycles. The van der Waals surface area contributed by atoms with Gasteiger partial charge in [-0.2, -0.15) is 0 Å². The van der Waals surface area contributed by atoms with E-state index in [1.165, 1.54) is 19.3 Å². The van der Waals surface area contributed by atoms with Crippen molar-refractivity contribution in [3.8, 4) is 5.75 Å². The van der Waals surface area contributed by atoms with Crippen LogP contribution in [0.3, 0.4) is 0 Å². The van der Waals surface area contributed by atoms with E-state index in [0.717, 1.165) is 18.6 Å². The summed E-state index contributed by atoms with van der Waals surface area (Å²) >= 11 is 0. The molecule has 2 N–H and O–H groups in total. The summed E-state index contributed by atoms with van der Waals surface area (Å²) in [7, 11) is 0. The van der Waals surface area contributed by atoms with Gasteiger partial charge < -0.3 is 15.2 Å². The number of benzene rings is 1. The van der Waals surface area contributed by atoms with Crippen molar-refractivity contribution in [2.45, 2.75) is 38.5 Å². The van der Waals surface area contributed by atoms with Crippen LogP contribution in [0.25, 0.3) is 0 Å². The highest BCUT2D eigenvalue weighted by molar-refractivity contribution is 5.70. The van der Waals surface area contributed by atoms with Crippen molar-refractivity contribution >= 4 is 5.97 Å². The fraction of sp³-hybridized carbons (Fsp3) is 0.588. The maximum absolute atomic E-state index is 12.0. The second kappa shape index (κ2) is 8.03. The maximum Gasteiger partial charge on any atom is 0.306 e. The van der Waals surface area contributed by atoms with E-state index in [1.54, 1.807) is 0 Å². The standard InChI is InChI=1S/C17H25NO3/c18-14-17(9-5-2-6-10-17)13-16(19)21-12-11-20-15-7-3-1-4-8-15/h1,3-4,7-8H,2,5-6,9-14,18H2. The van der Waals surface area contributed by atoms with Gasteiger partial charge in [-0.05, 0) is 36.9 Å². The Bertz CT molecular complexity index is 427. The first-order valence-corrected chi connectivity index (χ1v) is 7.78. The quantitative estimate of drug-likeness (QED) is 0.620. The lowest BCUT2D eigenvalue weighted by atomic mass is 9.72. The minimum atomic E-state index is -0.154. The Morgan fingerprint density at radius 3 is 2.48 bits per heavy atom. The van der Waals surface area contributed by atoms with E-state index in [9.17, 15) is 4.79 Å². The Hall–Kier alpha value is -1.55. The topological polar surface area (TPSA) is 61.6 Å². The van der Waals surface area contributed by atoms with Crippen LogP contribution in [0.2, 0.25) is 0 Å². The number of carbonyl (C=O) groups is 1. The SMILES string of the molecule is NCC1(CC(=O)OCCOc2ccccc2)CCCCC1. The highest BCUT2D eigenvalue weighted by atomic mass is 16.6. The lowest BCUT2D eigenvalue weighted by Crippen LogP contribution is -2.35. The van der Waals surface area contributed by atoms with Gasteiger partial charge in [0.05, 0.1) is 6.42 Å². The predicted molar refractivity (Wildman–Crippen MR) is 82.1 cm³/mol. The summed E-state index contributed by atoms with van der Waals surface area (Å²) in [6.07, 6.45) is 6.11. The number of esters is 1. The molecule has 0 unspecified atom stereocenters. The third-order valence-corrected chi connectivity index (χ3v) is 4.22. The van der Waals surface area contributed by atoms with E-state index in [1.807, 2.05) is 30.3 Å². The summed E-state index contributed by atoms with van der Waals surface area (Å²) in [4.78, 5) is 12.0. The first-order chi connectivity index (χ1) is 10.2. The molecule has 0 radical (unpaired) electrons. The zero-order valence-corrected chi connectivity index (χ0v) is 12.6. The van der Waals surface area contributed by atoms with Gasteiger partial charge in [0.1, 0.15) is 19.0 Å². The molecule has 4 nitrogen and oxygen atoms in total. The highest BCUT2D eigenvalue weighted by Crippen LogP contribution is 2.38. The van der Waals surface area contributed by atoms with Crippen LogP contribution in [-0.2, 0) is 9.53 Å². The minimum Gasteiger partial charge on any atom is -0.490 e. The molecule has 0 aliphatic heterocycles. The highest BCUT2D eigenvalue weighted by Gasteiger charge is 2.33. The Kier molecular flexibility index (Phi) is 6.05. The Morgan fingerprint density at radius 1 is 1.10 bits per heavy atom. The van der Waals surface area contributed by atoms with Crippen molar-refractivity contribution < 1.29 is 14.3 Å². The van der Waals surface area contributed by atoms with E-state index < -0.39 is 0 Å². The van der Waals surface area contributed by atoms with Crippen LogP contribution < -0.4 is 10.5 Å². The second-order valence-corrected chi connectivity index (χ2v) is 5.82. The van der Waals surface area contributed by atoms with Crippen LogP contribution in [0.1, 0.15) is 38.5 Å². The molecule has 0 atom stereocenters. The average molecular weight is 291 g/mol. The van der Waals surface area contributed by atoms with Crippen LogP contribution >= 0.6 is 0 Å². The van der Waals surface area contributed by atoms with Gasteiger partial charge in [0.2, 0.25) is 0 Å². The number of hydrogen-bond acceptors (Lipinski definition) is 4. The predicted octanol–water partition coefficient (Wildman–Crippen LogP) is 2.91. The summed E-state index contributed by atoms with van der Waals surface area (Å²) in [6, 6.07) is 9.52. The van der Waals surface area contributed by atoms with Crippen molar-refractivity contribution in [1.29, 1.82) is 0 Å². The number of nitrogens with two attached hydrogens (primary N) is 1. The Morgan fingerprint density at radius 2 is 1.81 bits per heavy atom. The molecule has 0 bridgehead atoms. The fourth-order valence-corrected chi connectivity index (χ4v) is 2.94. The van der Waals surface area contributed by atoms with Gasteiger partial charge in [-0.1, -0.05) is 37.5 Å². The molecule has 2 rings (SSSR count). The molecular formula is C17H25NO3. The van der Waals surface area contributed by atoms with Crippen LogP contribution in [0.5, 0.6) is 5.75 Å². The molecule has 0 heterocycles. The van der Waals surface area contributed by atoms with E-state index >= 15 is 0 Å². The van der Waals surface area contributed by atoms with Crippen LogP contribution in [0, 0.1) is 5.41 Å². The third-order valence-electron chi connectivity index (χ3n) is 4.22. The lowest BCUT2D eigenvalue weighted by molar-refractivity contribution is -0.147. The molecule has 0 amide bonds. The normalized spacial score (nSPS) is 17.2. The zero-order chi connectivity index (χ0) is 15.0. The maximum atomic E-state index is 12.0. The number of hydrogen-bond donors (Lipinski definition) is 1. The molecule has 4 heteroatoms. The van der Waals surface area contributed by atoms with Gasteiger partial charge >= 0.3 is 5.97 Å². The van der Waals surface area contributed by atoms with Crippen molar-refractivity contribution in [3.05, 3.63) is 30.3 Å². The van der Waals surface area contributed by atoms with E-state index in [-0.39, 0.29) is 18.0 Å². The number of para-hydroxylation sites is 1. The second-order valence-electron chi connectivity index (χ2n) is 5.82. The van der Waals surface area contributed by atoms with Crippen molar-refractivity contribution in [2.75, 3.05) is 19.8 Å². The van der Waals surface area contributed by atoms with Crippen LogP contribution in [-0.4, -0.2) is 25.7 Å². The third kappa shape index (κ3) is 5.05.